The zero-order chi connectivity index (χ0) is 14.5. The largest absolute Gasteiger partial charge is 0.455 e. The first-order valence-corrected chi connectivity index (χ1v) is 7.39. The molecule has 5 heteroatoms. The van der Waals surface area contributed by atoms with Crippen LogP contribution in [0.5, 0.6) is 11.5 Å². The molecule has 0 atom stereocenters. The van der Waals surface area contributed by atoms with E-state index in [1.165, 1.54) is 18.2 Å². The van der Waals surface area contributed by atoms with E-state index in [2.05, 4.69) is 21.2 Å². The monoisotopic (exact) mass is 357 g/mol. The average molecular weight is 359 g/mol. The molecule has 2 nitrogen and oxygen atoms in total. The Morgan fingerprint density at radius 1 is 1.20 bits per heavy atom. The van der Waals surface area contributed by atoms with Crippen LogP contribution in [0.3, 0.4) is 0 Å². The molecule has 0 saturated heterocycles. The maximum Gasteiger partial charge on any atom is 0.146 e. The van der Waals surface area contributed by atoms with Gasteiger partial charge in [0, 0.05) is 16.6 Å². The fourth-order valence-electron chi connectivity index (χ4n) is 1.71. The van der Waals surface area contributed by atoms with Crippen LogP contribution in [0.25, 0.3) is 0 Å². The van der Waals surface area contributed by atoms with Gasteiger partial charge >= 0.3 is 0 Å². The lowest BCUT2D eigenvalue weighted by Gasteiger charge is -2.13. The van der Waals surface area contributed by atoms with Crippen molar-refractivity contribution in [1.29, 1.82) is 0 Å². The van der Waals surface area contributed by atoms with Gasteiger partial charge in [0.05, 0.1) is 5.02 Å². The highest BCUT2D eigenvalue weighted by Gasteiger charge is 2.09. The van der Waals surface area contributed by atoms with Crippen molar-refractivity contribution >= 4 is 27.5 Å². The van der Waals surface area contributed by atoms with Crippen LogP contribution in [0.2, 0.25) is 5.02 Å². The highest BCUT2D eigenvalue weighted by Crippen LogP contribution is 2.33. The number of ether oxygens (including phenoxy) is 1. The fourth-order valence-corrected chi connectivity index (χ4v) is 2.25. The summed E-state index contributed by atoms with van der Waals surface area (Å²) in [4.78, 5) is 0. The number of hydrogen-bond donors (Lipinski definition) is 1. The van der Waals surface area contributed by atoms with E-state index in [1.54, 1.807) is 0 Å². The van der Waals surface area contributed by atoms with Crippen LogP contribution < -0.4 is 10.1 Å². The summed E-state index contributed by atoms with van der Waals surface area (Å²) in [6.07, 6.45) is 0. The van der Waals surface area contributed by atoms with Gasteiger partial charge in [-0.25, -0.2) is 4.39 Å². The molecule has 0 bridgehead atoms. The number of rotatable bonds is 5. The second-order valence-corrected chi connectivity index (χ2v) is 5.53. The van der Waals surface area contributed by atoms with Crippen molar-refractivity contribution in [3.05, 3.63) is 57.3 Å². The minimum atomic E-state index is -0.385. The van der Waals surface area contributed by atoms with Crippen molar-refractivity contribution in [3.63, 3.8) is 0 Å². The van der Waals surface area contributed by atoms with Crippen molar-refractivity contribution in [2.24, 2.45) is 0 Å². The van der Waals surface area contributed by atoms with Gasteiger partial charge in [0.15, 0.2) is 0 Å². The predicted octanol–water partition coefficient (Wildman–Crippen LogP) is 5.14. The Bertz CT molecular complexity index is 606. The van der Waals surface area contributed by atoms with E-state index in [4.69, 9.17) is 16.3 Å². The van der Waals surface area contributed by atoms with E-state index in [0.29, 0.717) is 18.0 Å². The zero-order valence-electron chi connectivity index (χ0n) is 10.9. The van der Waals surface area contributed by atoms with Gasteiger partial charge in [-0.15, -0.1) is 0 Å². The maximum absolute atomic E-state index is 13.0. The molecule has 20 heavy (non-hydrogen) atoms. The molecule has 2 rings (SSSR count). The van der Waals surface area contributed by atoms with E-state index < -0.39 is 0 Å². The lowest BCUT2D eigenvalue weighted by atomic mass is 10.2. The Hall–Kier alpha value is -1.10. The topological polar surface area (TPSA) is 21.3 Å². The van der Waals surface area contributed by atoms with E-state index >= 15 is 0 Å². The van der Waals surface area contributed by atoms with Crippen molar-refractivity contribution in [3.8, 4) is 11.5 Å². The SMILES string of the molecule is CCNCc1ccc(Br)cc1Oc1ccc(F)cc1Cl. The molecule has 1 N–H and O–H groups in total. The zero-order valence-corrected chi connectivity index (χ0v) is 13.3. The van der Waals surface area contributed by atoms with Gasteiger partial charge < -0.3 is 10.1 Å². The quantitative estimate of drug-likeness (QED) is 0.798. The molecule has 0 fully saturated rings. The number of halogens is 3. The van der Waals surface area contributed by atoms with Crippen molar-refractivity contribution in [2.45, 2.75) is 13.5 Å². The summed E-state index contributed by atoms with van der Waals surface area (Å²) < 4.78 is 19.8. The van der Waals surface area contributed by atoms with Gasteiger partial charge in [-0.3, -0.25) is 0 Å². The minimum absolute atomic E-state index is 0.249. The third-order valence-electron chi connectivity index (χ3n) is 2.71. The van der Waals surface area contributed by atoms with Crippen LogP contribution in [0.15, 0.2) is 40.9 Å². The molecule has 0 unspecified atom stereocenters. The van der Waals surface area contributed by atoms with E-state index in [9.17, 15) is 4.39 Å². The van der Waals surface area contributed by atoms with Crippen molar-refractivity contribution < 1.29 is 9.13 Å². The van der Waals surface area contributed by atoms with Gasteiger partial charge in [-0.05, 0) is 36.9 Å². The molecule has 2 aromatic carbocycles. The summed E-state index contributed by atoms with van der Waals surface area (Å²) in [5, 5.41) is 3.50. The molecule has 0 heterocycles. The smallest absolute Gasteiger partial charge is 0.146 e. The van der Waals surface area contributed by atoms with E-state index in [0.717, 1.165) is 16.6 Å². The van der Waals surface area contributed by atoms with Crippen LogP contribution in [-0.2, 0) is 6.54 Å². The third kappa shape index (κ3) is 3.95. The second kappa shape index (κ2) is 7.07. The van der Waals surface area contributed by atoms with Crippen molar-refractivity contribution in [2.75, 3.05) is 6.54 Å². The Morgan fingerprint density at radius 3 is 2.70 bits per heavy atom. The summed E-state index contributed by atoms with van der Waals surface area (Å²) in [5.41, 5.74) is 1.01. The molecule has 0 radical (unpaired) electrons. The third-order valence-corrected chi connectivity index (χ3v) is 3.50. The Kier molecular flexibility index (Phi) is 5.40. The van der Waals surface area contributed by atoms with Gasteiger partial charge in [-0.1, -0.05) is 40.5 Å². The Morgan fingerprint density at radius 2 is 2.00 bits per heavy atom. The first-order valence-electron chi connectivity index (χ1n) is 6.22. The maximum atomic E-state index is 13.0. The second-order valence-electron chi connectivity index (χ2n) is 4.21. The number of nitrogens with one attached hydrogen (secondary N) is 1. The first-order chi connectivity index (χ1) is 9.60. The minimum Gasteiger partial charge on any atom is -0.455 e. The molecule has 0 aliphatic rings. The molecular formula is C15H14BrClFNO. The standard InChI is InChI=1S/C15H14BrClFNO/c1-2-19-9-10-3-4-11(16)7-15(10)20-14-6-5-12(18)8-13(14)17/h3-8,19H,2,9H2,1H3. The summed E-state index contributed by atoms with van der Waals surface area (Å²) in [6, 6.07) is 9.87. The Labute approximate surface area is 131 Å². The molecule has 0 aliphatic carbocycles. The molecule has 0 aliphatic heterocycles. The fraction of sp³-hybridized carbons (Fsp3) is 0.200. The number of hydrogen-bond acceptors (Lipinski definition) is 2. The first kappa shape index (κ1) is 15.3. The normalized spacial score (nSPS) is 10.6. The summed E-state index contributed by atoms with van der Waals surface area (Å²) in [5.74, 6) is 0.738. The van der Waals surface area contributed by atoms with Gasteiger partial charge in [0.25, 0.3) is 0 Å². The predicted molar refractivity (Wildman–Crippen MR) is 83.0 cm³/mol. The van der Waals surface area contributed by atoms with Gasteiger partial charge in [-0.2, -0.15) is 0 Å². The molecule has 0 spiro atoms. The summed E-state index contributed by atoms with van der Waals surface area (Å²) in [7, 11) is 0. The summed E-state index contributed by atoms with van der Waals surface area (Å²) in [6.45, 7) is 3.60. The average Bonchev–Trinajstić information content (AvgIpc) is 2.41. The molecule has 0 amide bonds. The van der Waals surface area contributed by atoms with E-state index in [-0.39, 0.29) is 10.8 Å². The highest BCUT2D eigenvalue weighted by molar-refractivity contribution is 9.10. The van der Waals surface area contributed by atoms with Gasteiger partial charge in [0.1, 0.15) is 17.3 Å². The molecule has 0 saturated carbocycles. The molecule has 2 aromatic rings. The molecule has 0 aromatic heterocycles. The van der Waals surface area contributed by atoms with Crippen LogP contribution >= 0.6 is 27.5 Å². The number of benzene rings is 2. The van der Waals surface area contributed by atoms with Gasteiger partial charge in [0.2, 0.25) is 0 Å². The highest BCUT2D eigenvalue weighted by atomic mass is 79.9. The van der Waals surface area contributed by atoms with Crippen LogP contribution in [-0.4, -0.2) is 6.54 Å². The molecule has 106 valence electrons. The lowest BCUT2D eigenvalue weighted by Crippen LogP contribution is -2.12. The van der Waals surface area contributed by atoms with Crippen molar-refractivity contribution in [1.82, 2.24) is 5.32 Å². The van der Waals surface area contributed by atoms with Crippen LogP contribution in [0.4, 0.5) is 4.39 Å². The Balaban J connectivity index is 2.29. The van der Waals surface area contributed by atoms with Crippen LogP contribution in [0, 0.1) is 5.82 Å². The van der Waals surface area contributed by atoms with E-state index in [1.807, 2.05) is 25.1 Å². The summed E-state index contributed by atoms with van der Waals surface area (Å²) >= 11 is 9.40. The molecular weight excluding hydrogens is 345 g/mol. The van der Waals surface area contributed by atoms with Crippen LogP contribution in [0.1, 0.15) is 12.5 Å². The lowest BCUT2D eigenvalue weighted by molar-refractivity contribution is 0.471.